The number of halogens is 1. The van der Waals surface area contributed by atoms with E-state index in [0.717, 1.165) is 34.5 Å². The Balaban J connectivity index is 2.03. The molecule has 2 aromatic heterocycles. The van der Waals surface area contributed by atoms with E-state index in [1.807, 2.05) is 12.3 Å². The van der Waals surface area contributed by atoms with Crippen molar-refractivity contribution >= 4 is 27.0 Å². The number of hydrogen-bond donors (Lipinski definition) is 0. The van der Waals surface area contributed by atoms with Gasteiger partial charge in [0.15, 0.2) is 0 Å². The lowest BCUT2D eigenvalue weighted by Crippen LogP contribution is -2.09. The number of imidazole rings is 1. The first-order chi connectivity index (χ1) is 10.7. The van der Waals surface area contributed by atoms with Crippen molar-refractivity contribution < 1.29 is 4.74 Å². The molecule has 1 aromatic carbocycles. The van der Waals surface area contributed by atoms with E-state index in [-0.39, 0.29) is 0 Å². The van der Waals surface area contributed by atoms with Crippen LogP contribution in [0.4, 0.5) is 0 Å². The summed E-state index contributed by atoms with van der Waals surface area (Å²) in [7, 11) is 1.73. The highest BCUT2D eigenvalue weighted by Crippen LogP contribution is 2.22. The minimum Gasteiger partial charge on any atom is -0.383 e. The zero-order valence-corrected chi connectivity index (χ0v) is 14.3. The van der Waals surface area contributed by atoms with E-state index in [4.69, 9.17) is 9.72 Å². The molecule has 0 fully saturated rings. The summed E-state index contributed by atoms with van der Waals surface area (Å²) in [5.41, 5.74) is 4.62. The molecule has 0 bridgehead atoms. The van der Waals surface area contributed by atoms with Crippen LogP contribution in [0, 0.1) is 6.92 Å². The number of aromatic nitrogens is 3. The Bertz CT molecular complexity index is 780. The minimum absolute atomic E-state index is 0.672. The average Bonchev–Trinajstić information content (AvgIpc) is 2.86. The van der Waals surface area contributed by atoms with E-state index in [1.54, 1.807) is 7.11 Å². The smallest absolute Gasteiger partial charge is 0.114 e. The Morgan fingerprint density at radius 1 is 1.23 bits per heavy atom. The summed E-state index contributed by atoms with van der Waals surface area (Å²) in [6.45, 7) is 3.60. The summed E-state index contributed by atoms with van der Waals surface area (Å²) in [5.74, 6) is 1.05. The number of nitrogens with zero attached hydrogens (tertiary/aromatic N) is 3. The molecule has 0 spiro atoms. The number of rotatable bonds is 5. The van der Waals surface area contributed by atoms with Crippen molar-refractivity contribution in [2.24, 2.45) is 0 Å². The minimum atomic E-state index is 0.672. The molecule has 0 saturated carbocycles. The van der Waals surface area contributed by atoms with Crippen LogP contribution < -0.4 is 0 Å². The number of methoxy groups -OCH3 is 1. The molecule has 0 aliphatic heterocycles. The molecule has 4 nitrogen and oxygen atoms in total. The molecule has 114 valence electrons. The predicted octanol–water partition coefficient (Wildman–Crippen LogP) is 3.74. The van der Waals surface area contributed by atoms with Crippen molar-refractivity contribution in [2.45, 2.75) is 19.9 Å². The number of para-hydroxylation sites is 1. The molecule has 0 unspecified atom stereocenters. The second-order valence-corrected chi connectivity index (χ2v) is 6.09. The van der Waals surface area contributed by atoms with E-state index in [9.17, 15) is 0 Å². The fourth-order valence-corrected chi connectivity index (χ4v) is 2.90. The SMILES string of the molecule is COCCn1c(Cc2ccc(Br)nc2)nc2cccc(C)c21. The molecule has 22 heavy (non-hydrogen) atoms. The van der Waals surface area contributed by atoms with Gasteiger partial charge < -0.3 is 9.30 Å². The van der Waals surface area contributed by atoms with E-state index < -0.39 is 0 Å². The van der Waals surface area contributed by atoms with Gasteiger partial charge in [-0.2, -0.15) is 0 Å². The predicted molar refractivity (Wildman–Crippen MR) is 91.1 cm³/mol. The van der Waals surface area contributed by atoms with Gasteiger partial charge in [0.2, 0.25) is 0 Å². The van der Waals surface area contributed by atoms with Crippen molar-refractivity contribution in [3.8, 4) is 0 Å². The van der Waals surface area contributed by atoms with E-state index in [0.29, 0.717) is 6.61 Å². The molecule has 2 heterocycles. The van der Waals surface area contributed by atoms with Gasteiger partial charge in [0.1, 0.15) is 10.4 Å². The van der Waals surface area contributed by atoms with Crippen LogP contribution in [0.1, 0.15) is 17.0 Å². The summed E-state index contributed by atoms with van der Waals surface area (Å²) in [4.78, 5) is 9.11. The zero-order valence-electron chi connectivity index (χ0n) is 12.7. The maximum Gasteiger partial charge on any atom is 0.114 e. The second-order valence-electron chi connectivity index (χ2n) is 5.28. The summed E-state index contributed by atoms with van der Waals surface area (Å²) in [6.07, 6.45) is 2.65. The molecule has 0 aliphatic carbocycles. The van der Waals surface area contributed by atoms with Crippen molar-refractivity contribution in [3.63, 3.8) is 0 Å². The first kappa shape index (κ1) is 15.2. The standard InChI is InChI=1S/C17H18BrN3O/c1-12-4-3-5-14-17(12)21(8-9-22-2)16(20-14)10-13-6-7-15(18)19-11-13/h3-7,11H,8-10H2,1-2H3. The largest absolute Gasteiger partial charge is 0.383 e. The molecule has 0 amide bonds. The molecule has 0 aliphatic rings. The highest BCUT2D eigenvalue weighted by molar-refractivity contribution is 9.10. The van der Waals surface area contributed by atoms with Gasteiger partial charge in [0.25, 0.3) is 0 Å². The third-order valence-electron chi connectivity index (χ3n) is 3.72. The third-order valence-corrected chi connectivity index (χ3v) is 4.19. The molecule has 3 rings (SSSR count). The van der Waals surface area contributed by atoms with Gasteiger partial charge in [0.05, 0.1) is 17.6 Å². The third kappa shape index (κ3) is 3.05. The fourth-order valence-electron chi connectivity index (χ4n) is 2.67. The van der Waals surface area contributed by atoms with Gasteiger partial charge in [0, 0.05) is 26.3 Å². The molecule has 0 saturated heterocycles. The normalized spacial score (nSPS) is 11.2. The number of benzene rings is 1. The Morgan fingerprint density at radius 3 is 2.82 bits per heavy atom. The number of pyridine rings is 1. The molecular formula is C17H18BrN3O. The van der Waals surface area contributed by atoms with Crippen LogP contribution >= 0.6 is 15.9 Å². The van der Waals surface area contributed by atoms with Crippen molar-refractivity contribution in [3.05, 3.63) is 58.1 Å². The van der Waals surface area contributed by atoms with Crippen LogP contribution in [0.2, 0.25) is 0 Å². The number of hydrogen-bond acceptors (Lipinski definition) is 3. The average molecular weight is 360 g/mol. The maximum absolute atomic E-state index is 5.26. The molecular weight excluding hydrogens is 342 g/mol. The number of ether oxygens (including phenoxy) is 1. The van der Waals surface area contributed by atoms with E-state index >= 15 is 0 Å². The summed E-state index contributed by atoms with van der Waals surface area (Å²) in [6, 6.07) is 10.3. The van der Waals surface area contributed by atoms with Crippen LogP contribution in [-0.2, 0) is 17.7 Å². The molecule has 5 heteroatoms. The fraction of sp³-hybridized carbons (Fsp3) is 0.294. The van der Waals surface area contributed by atoms with Crippen molar-refractivity contribution in [1.82, 2.24) is 14.5 Å². The van der Waals surface area contributed by atoms with E-state index in [1.165, 1.54) is 11.1 Å². The quantitative estimate of drug-likeness (QED) is 0.651. The number of aryl methyl sites for hydroxylation is 1. The lowest BCUT2D eigenvalue weighted by molar-refractivity contribution is 0.187. The Labute approximate surface area is 138 Å². The van der Waals surface area contributed by atoms with Crippen LogP contribution in [-0.4, -0.2) is 28.3 Å². The van der Waals surface area contributed by atoms with Gasteiger partial charge in [-0.05, 0) is 46.1 Å². The first-order valence-corrected chi connectivity index (χ1v) is 8.02. The topological polar surface area (TPSA) is 39.9 Å². The van der Waals surface area contributed by atoms with Gasteiger partial charge in [-0.15, -0.1) is 0 Å². The first-order valence-electron chi connectivity index (χ1n) is 7.23. The van der Waals surface area contributed by atoms with Gasteiger partial charge in [-0.3, -0.25) is 0 Å². The Hall–Kier alpha value is -1.72. The highest BCUT2D eigenvalue weighted by atomic mass is 79.9. The van der Waals surface area contributed by atoms with Crippen LogP contribution in [0.25, 0.3) is 11.0 Å². The summed E-state index contributed by atoms with van der Waals surface area (Å²) >= 11 is 3.37. The summed E-state index contributed by atoms with van der Waals surface area (Å²) in [5, 5.41) is 0. The van der Waals surface area contributed by atoms with Crippen LogP contribution in [0.5, 0.6) is 0 Å². The Morgan fingerprint density at radius 2 is 2.09 bits per heavy atom. The van der Waals surface area contributed by atoms with Crippen molar-refractivity contribution in [1.29, 1.82) is 0 Å². The van der Waals surface area contributed by atoms with Gasteiger partial charge in [-0.25, -0.2) is 9.97 Å². The highest BCUT2D eigenvalue weighted by Gasteiger charge is 2.13. The summed E-state index contributed by atoms with van der Waals surface area (Å²) < 4.78 is 8.37. The zero-order chi connectivity index (χ0) is 15.5. The monoisotopic (exact) mass is 359 g/mol. The number of fused-ring (bicyclic) bond motifs is 1. The molecule has 0 radical (unpaired) electrons. The van der Waals surface area contributed by atoms with Gasteiger partial charge >= 0.3 is 0 Å². The van der Waals surface area contributed by atoms with Crippen LogP contribution in [0.15, 0.2) is 41.1 Å². The lowest BCUT2D eigenvalue weighted by Gasteiger charge is -2.10. The molecule has 0 atom stereocenters. The lowest BCUT2D eigenvalue weighted by atomic mass is 10.2. The maximum atomic E-state index is 5.26. The van der Waals surface area contributed by atoms with E-state index in [2.05, 4.69) is 56.7 Å². The Kier molecular flexibility index (Phi) is 4.55. The molecule has 3 aromatic rings. The second kappa shape index (κ2) is 6.58. The molecule has 0 N–H and O–H groups in total. The van der Waals surface area contributed by atoms with Gasteiger partial charge in [-0.1, -0.05) is 18.2 Å². The van der Waals surface area contributed by atoms with Crippen molar-refractivity contribution in [2.75, 3.05) is 13.7 Å². The van der Waals surface area contributed by atoms with Crippen LogP contribution in [0.3, 0.4) is 0 Å².